The first-order valence-electron chi connectivity index (χ1n) is 6.76. The predicted octanol–water partition coefficient (Wildman–Crippen LogP) is 4.17. The molecule has 0 atom stereocenters. The van der Waals surface area contributed by atoms with Crippen LogP contribution in [0.3, 0.4) is 0 Å². The topological polar surface area (TPSA) is 64.1 Å². The van der Waals surface area contributed by atoms with Crippen LogP contribution in [-0.4, -0.2) is 30.8 Å². The Morgan fingerprint density at radius 3 is 2.86 bits per heavy atom. The van der Waals surface area contributed by atoms with Crippen molar-refractivity contribution in [2.45, 2.75) is 31.4 Å². The number of nitrogens with zero attached hydrogens (tertiary/aromatic N) is 2. The fourth-order valence-corrected chi connectivity index (χ4v) is 3.40. The van der Waals surface area contributed by atoms with Gasteiger partial charge >= 0.3 is 0 Å². The van der Waals surface area contributed by atoms with Crippen molar-refractivity contribution >= 4 is 49.2 Å². The monoisotopic (exact) mass is 353 g/mol. The Balaban J connectivity index is 2.21. The van der Waals surface area contributed by atoms with Crippen LogP contribution in [0.25, 0.3) is 0 Å². The van der Waals surface area contributed by atoms with Gasteiger partial charge in [-0.25, -0.2) is 9.97 Å². The van der Waals surface area contributed by atoms with E-state index in [1.807, 2.05) is 17.7 Å². The second kappa shape index (κ2) is 7.36. The number of thioether (sulfide) groups is 1. The third-order valence-corrected chi connectivity index (χ3v) is 5.21. The normalized spacial score (nSPS) is 11.5. The number of rotatable bonds is 7. The molecule has 0 unspecified atom stereocenters. The van der Waals surface area contributed by atoms with Gasteiger partial charge in [0.2, 0.25) is 0 Å². The molecule has 2 aromatic heterocycles. The molecule has 8 heteroatoms. The van der Waals surface area contributed by atoms with E-state index in [0.717, 1.165) is 16.9 Å². The molecule has 0 saturated heterocycles. The Morgan fingerprint density at radius 1 is 1.45 bits per heavy atom. The van der Waals surface area contributed by atoms with E-state index in [1.165, 1.54) is 11.8 Å². The van der Waals surface area contributed by atoms with Gasteiger partial charge in [0.25, 0.3) is 0 Å². The van der Waals surface area contributed by atoms with Gasteiger partial charge < -0.3 is 9.74 Å². The second-order valence-electron chi connectivity index (χ2n) is 5.56. The molecule has 1 N–H and O–H groups in total. The van der Waals surface area contributed by atoms with E-state index in [4.69, 9.17) is 4.43 Å². The molecular formula is C14H19N3O2S2Si. The number of aldehydes is 1. The summed E-state index contributed by atoms with van der Waals surface area (Å²) in [7, 11) is -1.57. The van der Waals surface area contributed by atoms with E-state index in [2.05, 4.69) is 34.9 Å². The van der Waals surface area contributed by atoms with Crippen LogP contribution in [0.4, 0.5) is 11.5 Å². The van der Waals surface area contributed by atoms with Gasteiger partial charge in [0.05, 0.1) is 22.7 Å². The predicted molar refractivity (Wildman–Crippen MR) is 94.9 cm³/mol. The van der Waals surface area contributed by atoms with Gasteiger partial charge in [-0.15, -0.1) is 11.3 Å². The standard InChI is InChI=1S/C14H19N3O2S2Si/c1-20-14-15-7-10(8-18)13(17-14)16-11-5-6-21-12(11)9-19-22(2,3)4/h5-8H,9H2,1-4H3,(H,15,16,17). The molecule has 2 rings (SSSR count). The Morgan fingerprint density at radius 2 is 2.23 bits per heavy atom. The molecule has 2 heterocycles. The van der Waals surface area contributed by atoms with E-state index < -0.39 is 8.32 Å². The molecule has 0 aromatic carbocycles. The van der Waals surface area contributed by atoms with E-state index in [-0.39, 0.29) is 0 Å². The number of hydrogen-bond donors (Lipinski definition) is 1. The summed E-state index contributed by atoms with van der Waals surface area (Å²) in [5.41, 5.74) is 1.37. The zero-order valence-corrected chi connectivity index (χ0v) is 15.7. The zero-order valence-electron chi connectivity index (χ0n) is 13.0. The van der Waals surface area contributed by atoms with E-state index >= 15 is 0 Å². The summed E-state index contributed by atoms with van der Waals surface area (Å²) in [6.07, 6.45) is 4.20. The lowest BCUT2D eigenvalue weighted by molar-refractivity contribution is 0.112. The van der Waals surface area contributed by atoms with Crippen molar-refractivity contribution in [3.05, 3.63) is 28.1 Å². The first kappa shape index (κ1) is 17.1. The van der Waals surface area contributed by atoms with Gasteiger partial charge in [0.15, 0.2) is 19.8 Å². The Bertz CT molecular complexity index is 656. The molecule has 118 valence electrons. The van der Waals surface area contributed by atoms with Gasteiger partial charge in [-0.1, -0.05) is 11.8 Å². The third kappa shape index (κ3) is 4.64. The summed E-state index contributed by atoms with van der Waals surface area (Å²) in [6.45, 7) is 7.06. The molecule has 0 aliphatic carbocycles. The lowest BCUT2D eigenvalue weighted by Crippen LogP contribution is -2.24. The molecule has 0 aliphatic heterocycles. The summed E-state index contributed by atoms with van der Waals surface area (Å²) in [6, 6.07) is 1.98. The molecule has 2 aromatic rings. The van der Waals surface area contributed by atoms with Crippen LogP contribution in [0.1, 0.15) is 15.2 Å². The zero-order chi connectivity index (χ0) is 16.2. The van der Waals surface area contributed by atoms with Crippen LogP contribution in [0.5, 0.6) is 0 Å². The number of hydrogen-bond acceptors (Lipinski definition) is 7. The largest absolute Gasteiger partial charge is 0.412 e. The van der Waals surface area contributed by atoms with Crippen molar-refractivity contribution in [2.75, 3.05) is 11.6 Å². The summed E-state index contributed by atoms with van der Waals surface area (Å²) < 4.78 is 5.96. The maximum atomic E-state index is 11.2. The number of nitrogens with one attached hydrogen (secondary N) is 1. The van der Waals surface area contributed by atoms with E-state index in [1.54, 1.807) is 17.5 Å². The van der Waals surface area contributed by atoms with Gasteiger partial charge in [-0.2, -0.15) is 0 Å². The minimum atomic E-state index is -1.57. The summed E-state index contributed by atoms with van der Waals surface area (Å²) in [5.74, 6) is 0.530. The van der Waals surface area contributed by atoms with Crippen LogP contribution in [0.2, 0.25) is 19.6 Å². The van der Waals surface area contributed by atoms with Crippen LogP contribution >= 0.6 is 23.1 Å². The molecule has 22 heavy (non-hydrogen) atoms. The SMILES string of the molecule is CSc1ncc(C=O)c(Nc2ccsc2CO[Si](C)(C)C)n1. The highest BCUT2D eigenvalue weighted by Crippen LogP contribution is 2.28. The molecule has 0 bridgehead atoms. The summed E-state index contributed by atoms with van der Waals surface area (Å²) >= 11 is 3.07. The van der Waals surface area contributed by atoms with Crippen molar-refractivity contribution in [2.24, 2.45) is 0 Å². The van der Waals surface area contributed by atoms with Gasteiger partial charge in [0.1, 0.15) is 5.82 Å². The minimum Gasteiger partial charge on any atom is -0.412 e. The molecule has 0 fully saturated rings. The molecule has 0 saturated carbocycles. The minimum absolute atomic E-state index is 0.445. The van der Waals surface area contributed by atoms with E-state index in [9.17, 15) is 4.79 Å². The molecule has 0 aliphatic rings. The number of carbonyl (C=O) groups is 1. The fourth-order valence-electron chi connectivity index (χ4n) is 1.63. The number of anilines is 2. The molecule has 0 amide bonds. The van der Waals surface area contributed by atoms with Crippen molar-refractivity contribution in [3.63, 3.8) is 0 Å². The first-order valence-corrected chi connectivity index (χ1v) is 12.3. The number of carbonyl (C=O) groups excluding carboxylic acids is 1. The highest BCUT2D eigenvalue weighted by atomic mass is 32.2. The number of thiophene rings is 1. The van der Waals surface area contributed by atoms with Crippen molar-refractivity contribution < 1.29 is 9.22 Å². The first-order chi connectivity index (χ1) is 10.4. The Hall–Kier alpha value is -1.22. The van der Waals surface area contributed by atoms with Gasteiger partial charge in [-0.05, 0) is 37.3 Å². The summed E-state index contributed by atoms with van der Waals surface area (Å²) in [4.78, 5) is 20.7. The van der Waals surface area contributed by atoms with Crippen LogP contribution in [0.15, 0.2) is 22.8 Å². The molecule has 5 nitrogen and oxygen atoms in total. The summed E-state index contributed by atoms with van der Waals surface area (Å²) in [5, 5.41) is 5.86. The average Bonchev–Trinajstić information content (AvgIpc) is 2.91. The van der Waals surface area contributed by atoms with Crippen LogP contribution in [-0.2, 0) is 11.0 Å². The van der Waals surface area contributed by atoms with Crippen molar-refractivity contribution in [1.82, 2.24) is 9.97 Å². The number of aromatic nitrogens is 2. The lowest BCUT2D eigenvalue weighted by Gasteiger charge is -2.17. The van der Waals surface area contributed by atoms with Crippen LogP contribution < -0.4 is 5.32 Å². The molecule has 0 spiro atoms. The highest BCUT2D eigenvalue weighted by Gasteiger charge is 2.16. The highest BCUT2D eigenvalue weighted by molar-refractivity contribution is 7.98. The second-order valence-corrected chi connectivity index (χ2v) is 11.8. The maximum Gasteiger partial charge on any atom is 0.189 e. The molecule has 0 radical (unpaired) electrons. The quantitative estimate of drug-likeness (QED) is 0.349. The fraction of sp³-hybridized carbons (Fsp3) is 0.357. The third-order valence-electron chi connectivity index (χ3n) is 2.74. The van der Waals surface area contributed by atoms with Crippen molar-refractivity contribution in [1.29, 1.82) is 0 Å². The lowest BCUT2D eigenvalue weighted by atomic mass is 10.3. The van der Waals surface area contributed by atoms with Gasteiger partial charge in [-0.3, -0.25) is 4.79 Å². The average molecular weight is 354 g/mol. The van der Waals surface area contributed by atoms with E-state index in [0.29, 0.717) is 23.1 Å². The van der Waals surface area contributed by atoms with Gasteiger partial charge in [0, 0.05) is 6.20 Å². The maximum absolute atomic E-state index is 11.2. The van der Waals surface area contributed by atoms with Crippen LogP contribution in [0, 0.1) is 0 Å². The smallest absolute Gasteiger partial charge is 0.189 e. The van der Waals surface area contributed by atoms with Crippen molar-refractivity contribution in [3.8, 4) is 0 Å². The Labute approximate surface area is 139 Å². The Kier molecular flexibility index (Phi) is 5.73. The molecular weight excluding hydrogens is 334 g/mol.